The first-order chi connectivity index (χ1) is 11.9. The molecule has 1 unspecified atom stereocenters. The number of amides is 2. The van der Waals surface area contributed by atoms with E-state index in [0.717, 1.165) is 38.6 Å². The number of rotatable bonds is 1. The van der Waals surface area contributed by atoms with E-state index in [0.29, 0.717) is 11.8 Å². The van der Waals surface area contributed by atoms with E-state index in [2.05, 4.69) is 33.9 Å². The van der Waals surface area contributed by atoms with Gasteiger partial charge in [0.2, 0.25) is 11.8 Å². The first-order valence-corrected chi connectivity index (χ1v) is 9.61. The maximum atomic E-state index is 13.1. The van der Waals surface area contributed by atoms with Crippen LogP contribution in [0.15, 0.2) is 24.3 Å². The second kappa shape index (κ2) is 6.22. The average Bonchev–Trinajstić information content (AvgIpc) is 2.61. The molecule has 4 rings (SSSR count). The van der Waals surface area contributed by atoms with E-state index >= 15 is 0 Å². The van der Waals surface area contributed by atoms with Crippen LogP contribution in [0.3, 0.4) is 0 Å². The minimum absolute atomic E-state index is 0.0372. The Hall–Kier alpha value is -1.71. The lowest BCUT2D eigenvalue weighted by Gasteiger charge is -2.46. The average molecular weight is 336 g/mol. The summed E-state index contributed by atoms with van der Waals surface area (Å²) in [6, 6.07) is 8.41. The molecule has 2 amide bonds. The number of benzene rings is 1. The molecule has 1 saturated carbocycles. The van der Waals surface area contributed by atoms with Gasteiger partial charge in [0.1, 0.15) is 0 Å². The largest absolute Gasteiger partial charge is 0.332 e. The van der Waals surface area contributed by atoms with Crippen molar-refractivity contribution in [3.05, 3.63) is 35.4 Å². The van der Waals surface area contributed by atoms with E-state index in [-0.39, 0.29) is 30.3 Å². The van der Waals surface area contributed by atoms with Crippen LogP contribution in [0.4, 0.5) is 0 Å². The van der Waals surface area contributed by atoms with Crippen molar-refractivity contribution >= 4 is 27.5 Å². The van der Waals surface area contributed by atoms with Crippen LogP contribution in [-0.2, 0) is 16.0 Å². The molecule has 1 aliphatic carbocycles. The fourth-order valence-corrected chi connectivity index (χ4v) is 4.75. The molecule has 3 aliphatic rings. The zero-order chi connectivity index (χ0) is 17.6. The summed E-state index contributed by atoms with van der Waals surface area (Å²) in [5, 5.41) is 0.355. The number of hydrogen-bond donors (Lipinski definition) is 0. The Morgan fingerprint density at radius 3 is 2.64 bits per heavy atom. The molecule has 1 atom stereocenters. The third-order valence-electron chi connectivity index (χ3n) is 6.45. The van der Waals surface area contributed by atoms with Crippen LogP contribution in [0.5, 0.6) is 0 Å². The van der Waals surface area contributed by atoms with Crippen molar-refractivity contribution < 1.29 is 9.59 Å². The van der Waals surface area contributed by atoms with Gasteiger partial charge in [-0.3, -0.25) is 9.59 Å². The molecule has 0 spiro atoms. The molecule has 0 bridgehead atoms. The number of fused-ring (bicyclic) bond motifs is 3. The summed E-state index contributed by atoms with van der Waals surface area (Å²) in [5.41, 5.74) is 2.55. The Morgan fingerprint density at radius 2 is 1.88 bits per heavy atom. The third kappa shape index (κ3) is 3.11. The number of nitrogens with zero attached hydrogens (tertiary/aromatic N) is 2. The van der Waals surface area contributed by atoms with Crippen LogP contribution in [0.2, 0.25) is 5.21 Å². The lowest BCUT2D eigenvalue weighted by atomic mass is 9.47. The minimum atomic E-state index is 0.0372. The monoisotopic (exact) mass is 336 g/mol. The summed E-state index contributed by atoms with van der Waals surface area (Å²) in [6.07, 6.45) is 5.04. The van der Waals surface area contributed by atoms with Gasteiger partial charge in [-0.1, -0.05) is 42.3 Å². The van der Waals surface area contributed by atoms with Crippen molar-refractivity contribution in [1.82, 2.24) is 9.80 Å². The molecule has 0 N–H and O–H groups in total. The first-order valence-electron chi connectivity index (χ1n) is 9.61. The van der Waals surface area contributed by atoms with Crippen molar-refractivity contribution in [1.29, 1.82) is 0 Å². The Kier molecular flexibility index (Phi) is 4.17. The topological polar surface area (TPSA) is 40.6 Å². The quantitative estimate of drug-likeness (QED) is 0.702. The Balaban J connectivity index is 1.52. The lowest BCUT2D eigenvalue weighted by Crippen LogP contribution is -2.56. The molecule has 2 heterocycles. The maximum absolute atomic E-state index is 13.1. The van der Waals surface area contributed by atoms with Gasteiger partial charge in [0.25, 0.3) is 0 Å². The highest BCUT2D eigenvalue weighted by Crippen LogP contribution is 2.40. The molecule has 0 aromatic heterocycles. The van der Waals surface area contributed by atoms with E-state index in [1.807, 2.05) is 15.9 Å². The van der Waals surface area contributed by atoms with Gasteiger partial charge in [-0.05, 0) is 30.4 Å². The van der Waals surface area contributed by atoms with Crippen LogP contribution in [-0.4, -0.2) is 56.9 Å². The van der Waals surface area contributed by atoms with Gasteiger partial charge in [-0.25, -0.2) is 0 Å². The van der Waals surface area contributed by atoms with E-state index in [1.165, 1.54) is 11.1 Å². The number of hydrogen-bond acceptors (Lipinski definition) is 2. The third-order valence-corrected chi connectivity index (χ3v) is 6.45. The van der Waals surface area contributed by atoms with Gasteiger partial charge in [0, 0.05) is 19.0 Å². The van der Waals surface area contributed by atoms with Gasteiger partial charge in [0.15, 0.2) is 0 Å². The van der Waals surface area contributed by atoms with Crippen LogP contribution in [0.25, 0.3) is 0 Å². The van der Waals surface area contributed by atoms with E-state index in [4.69, 9.17) is 0 Å². The molecule has 2 aliphatic heterocycles. The van der Waals surface area contributed by atoms with E-state index in [9.17, 15) is 9.59 Å². The van der Waals surface area contributed by atoms with Gasteiger partial charge in [-0.15, -0.1) is 0 Å². The highest BCUT2D eigenvalue weighted by Gasteiger charge is 2.40. The van der Waals surface area contributed by atoms with Crippen molar-refractivity contribution in [3.63, 3.8) is 0 Å². The van der Waals surface area contributed by atoms with E-state index in [1.54, 1.807) is 0 Å². The molecule has 0 radical (unpaired) electrons. The fraction of sp³-hybridized carbons (Fsp3) is 0.579. The second-order valence-electron chi connectivity index (χ2n) is 8.71. The van der Waals surface area contributed by atoms with Gasteiger partial charge >= 0.3 is 0 Å². The maximum Gasteiger partial charge on any atom is 0.242 e. The summed E-state index contributed by atoms with van der Waals surface area (Å²) in [4.78, 5) is 29.5. The smallest absolute Gasteiger partial charge is 0.242 e. The summed E-state index contributed by atoms with van der Waals surface area (Å²) < 4.78 is 0. The predicted molar refractivity (Wildman–Crippen MR) is 103 cm³/mol. The Morgan fingerprint density at radius 1 is 1.16 bits per heavy atom. The summed E-state index contributed by atoms with van der Waals surface area (Å²) in [7, 11) is 4.57. The number of carbonyl (C=O) groups excluding carboxylic acids is 2. The molecule has 1 aromatic carbocycles. The molecule has 1 aromatic rings. The van der Waals surface area contributed by atoms with Crippen LogP contribution < -0.4 is 0 Å². The molecule has 25 heavy (non-hydrogen) atoms. The van der Waals surface area contributed by atoms with Crippen molar-refractivity contribution in [3.8, 4) is 0 Å². The normalized spacial score (nSPS) is 26.1. The summed E-state index contributed by atoms with van der Waals surface area (Å²) in [5.74, 6) is 0.410. The number of piperazine rings is 1. The molecule has 1 saturated heterocycles. The summed E-state index contributed by atoms with van der Waals surface area (Å²) >= 11 is 0. The first kappa shape index (κ1) is 16.7. The predicted octanol–water partition coefficient (Wildman–Crippen LogP) is 0.527. The molecule has 2 fully saturated rings. The fourth-order valence-electron chi connectivity index (χ4n) is 4.75. The molecular weight excluding hydrogens is 310 g/mol. The zero-order valence-electron chi connectivity index (χ0n) is 15.3. The Bertz CT molecular complexity index is 696. The molecular formula is C19H26B2N2O2. The SMILES string of the molecule is BC1(B)CCC(C(=O)N2CC(=O)N3CCc4ccccc4C3C2)CC1. The van der Waals surface area contributed by atoms with Crippen molar-refractivity contribution in [2.45, 2.75) is 43.4 Å². The lowest BCUT2D eigenvalue weighted by molar-refractivity contribution is -0.152. The van der Waals surface area contributed by atoms with Crippen molar-refractivity contribution in [2.75, 3.05) is 19.6 Å². The molecule has 4 nitrogen and oxygen atoms in total. The second-order valence-corrected chi connectivity index (χ2v) is 8.71. The molecule has 130 valence electrons. The van der Waals surface area contributed by atoms with Gasteiger partial charge < -0.3 is 9.80 Å². The van der Waals surface area contributed by atoms with Crippen LogP contribution in [0, 0.1) is 5.92 Å². The van der Waals surface area contributed by atoms with Gasteiger partial charge in [0.05, 0.1) is 28.3 Å². The van der Waals surface area contributed by atoms with Crippen molar-refractivity contribution in [2.24, 2.45) is 5.92 Å². The summed E-state index contributed by atoms with van der Waals surface area (Å²) in [6.45, 7) is 1.69. The van der Waals surface area contributed by atoms with Gasteiger partial charge in [-0.2, -0.15) is 0 Å². The highest BCUT2D eigenvalue weighted by molar-refractivity contribution is 6.39. The Labute approximate surface area is 151 Å². The molecule has 6 heteroatoms. The van der Waals surface area contributed by atoms with Crippen LogP contribution >= 0.6 is 0 Å². The van der Waals surface area contributed by atoms with E-state index < -0.39 is 0 Å². The standard InChI is InChI=1S/C19H26B2N2O2/c20-19(21)8-5-14(6-9-19)18(25)22-11-16-15-4-2-1-3-13(15)7-10-23(16)17(24)12-22/h1-4,14,16H,5-12,20-21H2. The highest BCUT2D eigenvalue weighted by atomic mass is 16.2. The zero-order valence-corrected chi connectivity index (χ0v) is 15.3. The minimum Gasteiger partial charge on any atom is -0.332 e. The number of carbonyl (C=O) groups is 2. The van der Waals surface area contributed by atoms with Crippen LogP contribution in [0.1, 0.15) is 42.9 Å².